The standard InChI is InChI=1S/C20H26N2O3S/c1-17-8-9-19(25-2)20(16-17)26(23,24)22-14-12-21(13-15-22)11-10-18-6-4-3-5-7-18/h3-9,16H,10-15H2,1-2H3. The molecule has 1 aliphatic rings. The first-order chi connectivity index (χ1) is 12.5. The van der Waals surface area contributed by atoms with E-state index in [0.717, 1.165) is 31.6 Å². The molecule has 2 aromatic rings. The van der Waals surface area contributed by atoms with Gasteiger partial charge < -0.3 is 9.64 Å². The average molecular weight is 375 g/mol. The van der Waals surface area contributed by atoms with Gasteiger partial charge in [-0.25, -0.2) is 8.42 Å². The second-order valence-corrected chi connectivity index (χ2v) is 8.54. The van der Waals surface area contributed by atoms with E-state index >= 15 is 0 Å². The molecule has 0 atom stereocenters. The second kappa shape index (κ2) is 8.20. The van der Waals surface area contributed by atoms with Crippen molar-refractivity contribution in [1.29, 1.82) is 0 Å². The van der Waals surface area contributed by atoms with Crippen molar-refractivity contribution < 1.29 is 13.2 Å². The van der Waals surface area contributed by atoms with Gasteiger partial charge in [-0.05, 0) is 36.6 Å². The molecule has 0 aliphatic carbocycles. The summed E-state index contributed by atoms with van der Waals surface area (Å²) >= 11 is 0. The molecular weight excluding hydrogens is 348 g/mol. The highest BCUT2D eigenvalue weighted by Gasteiger charge is 2.30. The maximum atomic E-state index is 13.0. The fraction of sp³-hybridized carbons (Fsp3) is 0.400. The summed E-state index contributed by atoms with van der Waals surface area (Å²) in [5.41, 5.74) is 2.22. The fourth-order valence-corrected chi connectivity index (χ4v) is 4.91. The maximum Gasteiger partial charge on any atom is 0.246 e. The lowest BCUT2D eigenvalue weighted by atomic mass is 10.1. The Kier molecular flexibility index (Phi) is 5.96. The van der Waals surface area contributed by atoms with Crippen LogP contribution >= 0.6 is 0 Å². The van der Waals surface area contributed by atoms with Gasteiger partial charge >= 0.3 is 0 Å². The number of aryl methyl sites for hydroxylation is 1. The van der Waals surface area contributed by atoms with Gasteiger partial charge in [0, 0.05) is 32.7 Å². The predicted molar refractivity (Wildman–Crippen MR) is 103 cm³/mol. The first-order valence-electron chi connectivity index (χ1n) is 8.92. The molecule has 1 heterocycles. The molecule has 0 amide bonds. The van der Waals surface area contributed by atoms with Gasteiger partial charge in [0.25, 0.3) is 0 Å². The summed E-state index contributed by atoms with van der Waals surface area (Å²) in [6.07, 6.45) is 0.985. The molecule has 1 saturated heterocycles. The third-order valence-corrected chi connectivity index (χ3v) is 6.75. The molecule has 0 unspecified atom stereocenters. The molecule has 0 spiro atoms. The molecule has 2 aromatic carbocycles. The summed E-state index contributed by atoms with van der Waals surface area (Å²) in [5, 5.41) is 0. The van der Waals surface area contributed by atoms with E-state index in [2.05, 4.69) is 29.2 Å². The number of sulfonamides is 1. The molecule has 0 radical (unpaired) electrons. The van der Waals surface area contributed by atoms with E-state index in [4.69, 9.17) is 4.74 Å². The predicted octanol–water partition coefficient (Wildman–Crippen LogP) is 2.55. The first-order valence-corrected chi connectivity index (χ1v) is 10.4. The normalized spacial score (nSPS) is 16.5. The Morgan fingerprint density at radius 2 is 1.69 bits per heavy atom. The van der Waals surface area contributed by atoms with E-state index < -0.39 is 10.0 Å². The van der Waals surface area contributed by atoms with Gasteiger partial charge in [0.15, 0.2) is 0 Å². The minimum Gasteiger partial charge on any atom is -0.495 e. The molecule has 0 N–H and O–H groups in total. The van der Waals surface area contributed by atoms with Gasteiger partial charge in [-0.3, -0.25) is 0 Å². The van der Waals surface area contributed by atoms with Gasteiger partial charge in [0.1, 0.15) is 10.6 Å². The number of ether oxygens (including phenoxy) is 1. The van der Waals surface area contributed by atoms with Crippen molar-refractivity contribution in [1.82, 2.24) is 9.21 Å². The zero-order chi connectivity index (χ0) is 18.6. The maximum absolute atomic E-state index is 13.0. The summed E-state index contributed by atoms with van der Waals surface area (Å²) in [6, 6.07) is 15.7. The van der Waals surface area contributed by atoms with Crippen LogP contribution < -0.4 is 4.74 Å². The van der Waals surface area contributed by atoms with Crippen LogP contribution in [0.4, 0.5) is 0 Å². The number of piperazine rings is 1. The van der Waals surface area contributed by atoms with Crippen LogP contribution in [0.3, 0.4) is 0 Å². The fourth-order valence-electron chi connectivity index (χ4n) is 3.25. The lowest BCUT2D eigenvalue weighted by Gasteiger charge is -2.34. The van der Waals surface area contributed by atoms with E-state index in [1.807, 2.05) is 19.1 Å². The molecule has 0 aromatic heterocycles. The van der Waals surface area contributed by atoms with Crippen LogP contribution in [0.5, 0.6) is 5.75 Å². The third-order valence-electron chi connectivity index (χ3n) is 4.83. The zero-order valence-electron chi connectivity index (χ0n) is 15.4. The van der Waals surface area contributed by atoms with Gasteiger partial charge in [-0.15, -0.1) is 0 Å². The topological polar surface area (TPSA) is 49.9 Å². The highest BCUT2D eigenvalue weighted by molar-refractivity contribution is 7.89. The van der Waals surface area contributed by atoms with Crippen molar-refractivity contribution in [2.45, 2.75) is 18.2 Å². The minimum atomic E-state index is -3.54. The number of nitrogens with zero attached hydrogens (tertiary/aromatic N) is 2. The van der Waals surface area contributed by atoms with Gasteiger partial charge in [-0.2, -0.15) is 4.31 Å². The molecule has 26 heavy (non-hydrogen) atoms. The van der Waals surface area contributed by atoms with E-state index in [9.17, 15) is 8.42 Å². The van der Waals surface area contributed by atoms with Crippen molar-refractivity contribution in [2.75, 3.05) is 39.8 Å². The first kappa shape index (κ1) is 18.9. The molecule has 140 valence electrons. The Labute approximate surface area is 156 Å². The third kappa shape index (κ3) is 4.26. The molecule has 6 heteroatoms. The summed E-state index contributed by atoms with van der Waals surface area (Å²) in [5.74, 6) is 0.405. The van der Waals surface area contributed by atoms with Crippen LogP contribution in [-0.2, 0) is 16.4 Å². The lowest BCUT2D eigenvalue weighted by molar-refractivity contribution is 0.190. The van der Waals surface area contributed by atoms with E-state index in [0.29, 0.717) is 18.8 Å². The average Bonchev–Trinajstić information content (AvgIpc) is 2.67. The molecule has 5 nitrogen and oxygen atoms in total. The van der Waals surface area contributed by atoms with Crippen molar-refractivity contribution in [2.24, 2.45) is 0 Å². The monoisotopic (exact) mass is 374 g/mol. The van der Waals surface area contributed by atoms with Crippen LogP contribution in [0.2, 0.25) is 0 Å². The SMILES string of the molecule is COc1ccc(C)cc1S(=O)(=O)N1CCN(CCc2ccccc2)CC1. The van der Waals surface area contributed by atoms with Crippen molar-refractivity contribution >= 4 is 10.0 Å². The van der Waals surface area contributed by atoms with Gasteiger partial charge in [0.05, 0.1) is 7.11 Å². The molecule has 1 fully saturated rings. The van der Waals surface area contributed by atoms with Crippen molar-refractivity contribution in [3.63, 3.8) is 0 Å². The Morgan fingerprint density at radius 3 is 2.35 bits per heavy atom. The van der Waals surface area contributed by atoms with Crippen LogP contribution in [0.1, 0.15) is 11.1 Å². The van der Waals surface area contributed by atoms with Crippen LogP contribution in [0.25, 0.3) is 0 Å². The Balaban J connectivity index is 1.63. The molecule has 0 saturated carbocycles. The minimum absolute atomic E-state index is 0.262. The summed E-state index contributed by atoms with van der Waals surface area (Å²) < 4.78 is 32.9. The van der Waals surface area contributed by atoms with Crippen LogP contribution in [0.15, 0.2) is 53.4 Å². The second-order valence-electron chi connectivity index (χ2n) is 6.64. The molecule has 1 aliphatic heterocycles. The van der Waals surface area contributed by atoms with Crippen molar-refractivity contribution in [3.05, 3.63) is 59.7 Å². The quantitative estimate of drug-likeness (QED) is 0.780. The molecule has 3 rings (SSSR count). The smallest absolute Gasteiger partial charge is 0.246 e. The van der Waals surface area contributed by atoms with E-state index in [1.165, 1.54) is 12.7 Å². The van der Waals surface area contributed by atoms with E-state index in [-0.39, 0.29) is 4.90 Å². The summed E-state index contributed by atoms with van der Waals surface area (Å²) in [7, 11) is -2.03. The number of hydrogen-bond acceptors (Lipinski definition) is 4. The molecule has 0 bridgehead atoms. The van der Waals surface area contributed by atoms with Crippen LogP contribution in [0, 0.1) is 6.92 Å². The number of rotatable bonds is 6. The summed E-state index contributed by atoms with van der Waals surface area (Å²) in [4.78, 5) is 2.59. The largest absolute Gasteiger partial charge is 0.495 e. The van der Waals surface area contributed by atoms with Gasteiger partial charge in [-0.1, -0.05) is 36.4 Å². The summed E-state index contributed by atoms with van der Waals surface area (Å²) in [6.45, 7) is 5.36. The number of hydrogen-bond donors (Lipinski definition) is 0. The molecular formula is C20H26N2O3S. The highest BCUT2D eigenvalue weighted by atomic mass is 32.2. The Hall–Kier alpha value is -1.89. The van der Waals surface area contributed by atoms with Crippen molar-refractivity contribution in [3.8, 4) is 5.75 Å². The Morgan fingerprint density at radius 1 is 1.00 bits per heavy atom. The Bertz CT molecular complexity index is 829. The number of methoxy groups -OCH3 is 1. The van der Waals surface area contributed by atoms with E-state index in [1.54, 1.807) is 16.4 Å². The lowest BCUT2D eigenvalue weighted by Crippen LogP contribution is -2.49. The zero-order valence-corrected chi connectivity index (χ0v) is 16.2. The van der Waals surface area contributed by atoms with Crippen LogP contribution in [-0.4, -0.2) is 57.5 Å². The highest BCUT2D eigenvalue weighted by Crippen LogP contribution is 2.28. The van der Waals surface area contributed by atoms with Gasteiger partial charge in [0.2, 0.25) is 10.0 Å². The number of benzene rings is 2.